The number of aromatic nitrogens is 2. The monoisotopic (exact) mass is 322 g/mol. The zero-order chi connectivity index (χ0) is 15.4. The first-order valence-electron chi connectivity index (χ1n) is 7.62. The molecule has 0 aromatic carbocycles. The lowest BCUT2D eigenvalue weighted by molar-refractivity contribution is 0.0712. The molecule has 2 aromatic rings. The Morgan fingerprint density at radius 3 is 3.05 bits per heavy atom. The molecule has 2 heterocycles. The molecule has 0 spiro atoms. The van der Waals surface area contributed by atoms with E-state index in [2.05, 4.69) is 15.6 Å². The van der Waals surface area contributed by atoms with Gasteiger partial charge in [-0.25, -0.2) is 9.78 Å². The van der Waals surface area contributed by atoms with Crippen molar-refractivity contribution in [1.82, 2.24) is 20.0 Å². The van der Waals surface area contributed by atoms with Crippen molar-refractivity contribution in [1.29, 1.82) is 0 Å². The summed E-state index contributed by atoms with van der Waals surface area (Å²) in [7, 11) is 1.72. The largest absolute Gasteiger partial charge is 0.385 e. The van der Waals surface area contributed by atoms with Crippen molar-refractivity contribution in [2.75, 3.05) is 20.3 Å². The number of thiazole rings is 1. The predicted molar refractivity (Wildman–Crippen MR) is 86.1 cm³/mol. The second-order valence-electron chi connectivity index (χ2n) is 5.96. The van der Waals surface area contributed by atoms with Crippen molar-refractivity contribution in [3.63, 3.8) is 0 Å². The Morgan fingerprint density at radius 1 is 1.50 bits per heavy atom. The molecule has 120 valence electrons. The summed E-state index contributed by atoms with van der Waals surface area (Å²) in [4.78, 5) is 17.3. The highest BCUT2D eigenvalue weighted by molar-refractivity contribution is 7.15. The second-order valence-corrected chi connectivity index (χ2v) is 6.83. The van der Waals surface area contributed by atoms with Gasteiger partial charge < -0.3 is 15.4 Å². The Bertz CT molecular complexity index is 604. The van der Waals surface area contributed by atoms with Crippen LogP contribution in [0.25, 0.3) is 4.96 Å². The fourth-order valence-corrected chi connectivity index (χ4v) is 3.59. The van der Waals surface area contributed by atoms with Gasteiger partial charge in [-0.15, -0.1) is 11.3 Å². The van der Waals surface area contributed by atoms with Crippen LogP contribution in [0.3, 0.4) is 0 Å². The average Bonchev–Trinajstić information content (AvgIpc) is 3.04. The van der Waals surface area contributed by atoms with Crippen LogP contribution in [0.2, 0.25) is 0 Å². The van der Waals surface area contributed by atoms with E-state index in [4.69, 9.17) is 4.74 Å². The van der Waals surface area contributed by atoms with Crippen molar-refractivity contribution in [3.05, 3.63) is 23.5 Å². The number of methoxy groups -OCH3 is 1. The molecule has 0 unspecified atom stereocenters. The van der Waals surface area contributed by atoms with Gasteiger partial charge >= 0.3 is 6.03 Å². The topological polar surface area (TPSA) is 67.7 Å². The van der Waals surface area contributed by atoms with Gasteiger partial charge in [-0.2, -0.15) is 0 Å². The van der Waals surface area contributed by atoms with Crippen molar-refractivity contribution in [3.8, 4) is 0 Å². The average molecular weight is 322 g/mol. The zero-order valence-electron chi connectivity index (χ0n) is 12.8. The van der Waals surface area contributed by atoms with Crippen molar-refractivity contribution < 1.29 is 9.53 Å². The quantitative estimate of drug-likeness (QED) is 0.822. The number of hydrogen-bond donors (Lipinski definition) is 2. The van der Waals surface area contributed by atoms with E-state index >= 15 is 0 Å². The molecule has 0 radical (unpaired) electrons. The van der Waals surface area contributed by atoms with Gasteiger partial charge in [0.1, 0.15) is 0 Å². The molecule has 1 saturated carbocycles. The standard InChI is InChI=1S/C15H22N4O2S/c1-21-7-5-15(3-2-4-15)11-17-13(20)16-9-12-10-19-6-8-22-14(19)18-12/h6,8,10H,2-5,7,9,11H2,1H3,(H2,16,17,20). The number of carbonyl (C=O) groups excluding carboxylic acids is 1. The number of hydrogen-bond acceptors (Lipinski definition) is 4. The maximum Gasteiger partial charge on any atom is 0.315 e. The van der Waals surface area contributed by atoms with Crippen LogP contribution in [0.5, 0.6) is 0 Å². The summed E-state index contributed by atoms with van der Waals surface area (Å²) in [5, 5.41) is 7.86. The molecule has 1 aliphatic carbocycles. The minimum atomic E-state index is -0.125. The number of carbonyl (C=O) groups is 1. The summed E-state index contributed by atoms with van der Waals surface area (Å²) in [5.74, 6) is 0. The summed E-state index contributed by atoms with van der Waals surface area (Å²) in [5.41, 5.74) is 1.12. The van der Waals surface area contributed by atoms with Gasteiger partial charge in [-0.1, -0.05) is 6.42 Å². The molecule has 22 heavy (non-hydrogen) atoms. The molecular weight excluding hydrogens is 300 g/mol. The Morgan fingerprint density at radius 2 is 2.36 bits per heavy atom. The number of rotatable bonds is 7. The number of nitrogens with one attached hydrogen (secondary N) is 2. The third-order valence-corrected chi connectivity index (χ3v) is 5.22. The van der Waals surface area contributed by atoms with Gasteiger partial charge in [0, 0.05) is 38.0 Å². The van der Waals surface area contributed by atoms with Gasteiger partial charge in [0.05, 0.1) is 12.2 Å². The van der Waals surface area contributed by atoms with E-state index in [9.17, 15) is 4.79 Å². The second kappa shape index (κ2) is 6.66. The van der Waals surface area contributed by atoms with Gasteiger partial charge in [0.15, 0.2) is 4.96 Å². The zero-order valence-corrected chi connectivity index (χ0v) is 13.6. The van der Waals surface area contributed by atoms with Crippen LogP contribution in [0, 0.1) is 5.41 Å². The summed E-state index contributed by atoms with van der Waals surface area (Å²) in [6, 6.07) is -0.125. The smallest absolute Gasteiger partial charge is 0.315 e. The number of amides is 2. The third kappa shape index (κ3) is 3.41. The summed E-state index contributed by atoms with van der Waals surface area (Å²) >= 11 is 1.59. The van der Waals surface area contributed by atoms with E-state index in [1.54, 1.807) is 18.4 Å². The van der Waals surface area contributed by atoms with E-state index in [1.807, 2.05) is 22.2 Å². The molecule has 2 N–H and O–H groups in total. The van der Waals surface area contributed by atoms with Gasteiger partial charge in [0.2, 0.25) is 0 Å². The minimum absolute atomic E-state index is 0.125. The number of nitrogens with zero attached hydrogens (tertiary/aromatic N) is 2. The molecule has 6 nitrogen and oxygen atoms in total. The molecule has 2 aromatic heterocycles. The fourth-order valence-electron chi connectivity index (χ4n) is 2.87. The molecule has 0 saturated heterocycles. The van der Waals surface area contributed by atoms with Crippen LogP contribution in [-0.2, 0) is 11.3 Å². The predicted octanol–water partition coefficient (Wildman–Crippen LogP) is 2.40. The Balaban J connectivity index is 1.43. The first kappa shape index (κ1) is 15.3. The van der Waals surface area contributed by atoms with Crippen molar-refractivity contribution in [2.45, 2.75) is 32.2 Å². The molecule has 7 heteroatoms. The van der Waals surface area contributed by atoms with Crippen LogP contribution in [0.4, 0.5) is 4.79 Å². The highest BCUT2D eigenvalue weighted by Gasteiger charge is 2.36. The number of ether oxygens (including phenoxy) is 1. The van der Waals surface area contributed by atoms with Crippen LogP contribution < -0.4 is 10.6 Å². The maximum absolute atomic E-state index is 11.9. The lowest BCUT2D eigenvalue weighted by Crippen LogP contribution is -2.46. The summed E-state index contributed by atoms with van der Waals surface area (Å²) in [6.45, 7) is 1.93. The highest BCUT2D eigenvalue weighted by atomic mass is 32.1. The van der Waals surface area contributed by atoms with Crippen LogP contribution in [0.15, 0.2) is 17.8 Å². The molecule has 0 bridgehead atoms. The Kier molecular flexibility index (Phi) is 4.63. The van der Waals surface area contributed by atoms with E-state index < -0.39 is 0 Å². The molecule has 3 rings (SSSR count). The summed E-state index contributed by atoms with van der Waals surface area (Å²) in [6.07, 6.45) is 8.52. The SMILES string of the molecule is COCCC1(CNC(=O)NCc2cn3ccsc3n2)CCC1. The van der Waals surface area contributed by atoms with E-state index in [0.717, 1.165) is 30.2 Å². The Hall–Kier alpha value is -1.60. The third-order valence-electron chi connectivity index (χ3n) is 4.45. The molecule has 2 amide bonds. The maximum atomic E-state index is 11.9. The van der Waals surface area contributed by atoms with Crippen molar-refractivity contribution in [2.24, 2.45) is 5.41 Å². The summed E-state index contributed by atoms with van der Waals surface area (Å²) < 4.78 is 7.13. The van der Waals surface area contributed by atoms with Crippen LogP contribution in [0.1, 0.15) is 31.4 Å². The van der Waals surface area contributed by atoms with E-state index in [1.165, 1.54) is 19.3 Å². The van der Waals surface area contributed by atoms with Crippen LogP contribution >= 0.6 is 11.3 Å². The Labute approximate surface area is 133 Å². The van der Waals surface area contributed by atoms with Gasteiger partial charge in [-0.3, -0.25) is 4.40 Å². The van der Waals surface area contributed by atoms with E-state index in [-0.39, 0.29) is 11.4 Å². The van der Waals surface area contributed by atoms with Gasteiger partial charge in [-0.05, 0) is 24.7 Å². The number of urea groups is 1. The molecule has 1 aliphatic rings. The molecular formula is C15H22N4O2S. The highest BCUT2D eigenvalue weighted by Crippen LogP contribution is 2.43. The lowest BCUT2D eigenvalue weighted by Gasteiger charge is -2.42. The fraction of sp³-hybridized carbons (Fsp3) is 0.600. The van der Waals surface area contributed by atoms with Gasteiger partial charge in [0.25, 0.3) is 0 Å². The lowest BCUT2D eigenvalue weighted by atomic mass is 9.67. The number of fused-ring (bicyclic) bond motifs is 1. The van der Waals surface area contributed by atoms with Crippen molar-refractivity contribution >= 4 is 22.3 Å². The minimum Gasteiger partial charge on any atom is -0.385 e. The van der Waals surface area contributed by atoms with E-state index in [0.29, 0.717) is 6.54 Å². The van der Waals surface area contributed by atoms with Crippen LogP contribution in [-0.4, -0.2) is 35.7 Å². The molecule has 1 fully saturated rings. The number of imidazole rings is 1. The molecule has 0 aliphatic heterocycles. The first-order chi connectivity index (χ1) is 10.7. The molecule has 0 atom stereocenters. The normalized spacial score (nSPS) is 16.4. The first-order valence-corrected chi connectivity index (χ1v) is 8.50.